The van der Waals surface area contributed by atoms with Crippen LogP contribution >= 0.6 is 23.2 Å². The fourth-order valence-electron chi connectivity index (χ4n) is 3.30. The summed E-state index contributed by atoms with van der Waals surface area (Å²) < 4.78 is 32.3. The lowest BCUT2D eigenvalue weighted by Gasteiger charge is -2.30. The molecule has 0 atom stereocenters. The third kappa shape index (κ3) is 6.60. The van der Waals surface area contributed by atoms with Gasteiger partial charge in [-0.2, -0.15) is 0 Å². The Balaban J connectivity index is 1.40. The molecule has 2 aromatic carbocycles. The lowest BCUT2D eigenvalue weighted by atomic mass is 9.97. The number of hydrogen-bond donors (Lipinski definition) is 1. The molecular weight excluding hydrogens is 447 g/mol. The van der Waals surface area contributed by atoms with Crippen molar-refractivity contribution < 1.29 is 17.9 Å². The topological polar surface area (TPSA) is 75.7 Å². The van der Waals surface area contributed by atoms with E-state index in [-0.39, 0.29) is 17.6 Å². The van der Waals surface area contributed by atoms with Gasteiger partial charge < -0.3 is 10.1 Å². The van der Waals surface area contributed by atoms with Gasteiger partial charge in [-0.05, 0) is 54.8 Å². The van der Waals surface area contributed by atoms with Crippen LogP contribution in [-0.2, 0) is 20.6 Å². The molecule has 1 N–H and O–H groups in total. The molecule has 0 saturated carbocycles. The molecule has 1 aliphatic rings. The van der Waals surface area contributed by atoms with Crippen LogP contribution in [0.25, 0.3) is 0 Å². The number of piperidine rings is 1. The molecule has 6 nitrogen and oxygen atoms in total. The molecule has 1 aliphatic heterocycles. The third-order valence-electron chi connectivity index (χ3n) is 4.96. The maximum Gasteiger partial charge on any atom is 0.223 e. The lowest BCUT2D eigenvalue weighted by Crippen LogP contribution is -2.43. The first-order valence-corrected chi connectivity index (χ1v) is 12.1. The van der Waals surface area contributed by atoms with E-state index in [0.717, 1.165) is 0 Å². The molecule has 1 fully saturated rings. The monoisotopic (exact) mass is 470 g/mol. The molecule has 3 rings (SSSR count). The number of hydrogen-bond acceptors (Lipinski definition) is 4. The number of ether oxygens (including phenoxy) is 1. The second-order valence-corrected chi connectivity index (χ2v) is 9.99. The molecule has 9 heteroatoms. The zero-order valence-corrected chi connectivity index (χ0v) is 18.7. The van der Waals surface area contributed by atoms with Gasteiger partial charge in [0.2, 0.25) is 15.9 Å². The second-order valence-electron chi connectivity index (χ2n) is 7.15. The van der Waals surface area contributed by atoms with Gasteiger partial charge in [0.05, 0.1) is 12.3 Å². The van der Waals surface area contributed by atoms with Crippen molar-refractivity contribution in [2.24, 2.45) is 5.92 Å². The van der Waals surface area contributed by atoms with Crippen molar-refractivity contribution >= 4 is 39.1 Å². The molecule has 2 aromatic rings. The number of nitrogens with one attached hydrogen (secondary N) is 1. The molecule has 1 heterocycles. The number of rotatable bonds is 8. The van der Waals surface area contributed by atoms with Crippen LogP contribution in [0, 0.1) is 5.92 Å². The number of benzene rings is 2. The fraction of sp³-hybridized carbons (Fsp3) is 0.381. The average Bonchev–Trinajstić information content (AvgIpc) is 2.74. The summed E-state index contributed by atoms with van der Waals surface area (Å²) in [6.07, 6.45) is 1.01. The van der Waals surface area contributed by atoms with Crippen LogP contribution in [-0.4, -0.2) is 44.9 Å². The van der Waals surface area contributed by atoms with Gasteiger partial charge in [0.15, 0.2) is 0 Å². The number of sulfonamides is 1. The summed E-state index contributed by atoms with van der Waals surface area (Å²) in [5, 5.41) is 4.07. The van der Waals surface area contributed by atoms with E-state index in [9.17, 15) is 13.2 Å². The van der Waals surface area contributed by atoms with E-state index in [2.05, 4.69) is 5.32 Å². The summed E-state index contributed by atoms with van der Waals surface area (Å²) in [7, 11) is -3.42. The number of carbonyl (C=O) groups is 1. The van der Waals surface area contributed by atoms with Gasteiger partial charge in [-0.3, -0.25) is 4.79 Å². The van der Waals surface area contributed by atoms with Crippen molar-refractivity contribution in [3.05, 3.63) is 64.1 Å². The van der Waals surface area contributed by atoms with Gasteiger partial charge in [0, 0.05) is 29.1 Å². The Morgan fingerprint density at radius 3 is 2.17 bits per heavy atom. The van der Waals surface area contributed by atoms with Crippen molar-refractivity contribution in [2.75, 3.05) is 26.2 Å². The minimum atomic E-state index is -3.42. The first-order chi connectivity index (χ1) is 14.3. The Kier molecular flexibility index (Phi) is 7.99. The molecule has 0 aromatic heterocycles. The van der Waals surface area contributed by atoms with Crippen LogP contribution in [0.15, 0.2) is 48.5 Å². The first kappa shape index (κ1) is 22.9. The zero-order valence-electron chi connectivity index (χ0n) is 16.4. The van der Waals surface area contributed by atoms with Crippen molar-refractivity contribution in [3.63, 3.8) is 0 Å². The average molecular weight is 471 g/mol. The smallest absolute Gasteiger partial charge is 0.223 e. The van der Waals surface area contributed by atoms with Gasteiger partial charge in [0.1, 0.15) is 12.4 Å². The summed E-state index contributed by atoms with van der Waals surface area (Å²) in [5.74, 6) is 0.364. The van der Waals surface area contributed by atoms with Crippen molar-refractivity contribution in [1.29, 1.82) is 0 Å². The van der Waals surface area contributed by atoms with E-state index >= 15 is 0 Å². The van der Waals surface area contributed by atoms with Crippen molar-refractivity contribution in [3.8, 4) is 5.75 Å². The number of halogens is 2. The fourth-order valence-corrected chi connectivity index (χ4v) is 5.11. The van der Waals surface area contributed by atoms with Gasteiger partial charge in [0.25, 0.3) is 0 Å². The van der Waals surface area contributed by atoms with Crippen LogP contribution in [0.3, 0.4) is 0 Å². The number of carbonyl (C=O) groups excluding carboxylic acids is 1. The molecular formula is C21H24Cl2N2O4S. The van der Waals surface area contributed by atoms with E-state index in [1.165, 1.54) is 4.31 Å². The Hall–Kier alpha value is -1.80. The molecule has 0 unspecified atom stereocenters. The molecule has 30 heavy (non-hydrogen) atoms. The largest absolute Gasteiger partial charge is 0.492 e. The molecule has 162 valence electrons. The molecule has 0 spiro atoms. The lowest BCUT2D eigenvalue weighted by molar-refractivity contribution is -0.126. The number of amides is 1. The van der Waals surface area contributed by atoms with Gasteiger partial charge in [-0.25, -0.2) is 12.7 Å². The minimum Gasteiger partial charge on any atom is -0.492 e. The Morgan fingerprint density at radius 2 is 1.57 bits per heavy atom. The van der Waals surface area contributed by atoms with Crippen molar-refractivity contribution in [1.82, 2.24) is 9.62 Å². The highest BCUT2D eigenvalue weighted by atomic mass is 35.5. The molecule has 0 aliphatic carbocycles. The van der Waals surface area contributed by atoms with E-state index in [0.29, 0.717) is 60.4 Å². The molecule has 0 bridgehead atoms. The summed E-state index contributed by atoms with van der Waals surface area (Å²) in [4.78, 5) is 12.4. The maximum absolute atomic E-state index is 12.7. The highest BCUT2D eigenvalue weighted by molar-refractivity contribution is 7.88. The summed E-state index contributed by atoms with van der Waals surface area (Å²) in [5.41, 5.74) is 0.694. The first-order valence-electron chi connectivity index (χ1n) is 9.72. The van der Waals surface area contributed by atoms with E-state index < -0.39 is 10.0 Å². The van der Waals surface area contributed by atoms with Crippen LogP contribution in [0.2, 0.25) is 10.0 Å². The quantitative estimate of drug-likeness (QED) is 0.596. The Bertz CT molecular complexity index is 942. The van der Waals surface area contributed by atoms with Gasteiger partial charge in [-0.1, -0.05) is 35.3 Å². The third-order valence-corrected chi connectivity index (χ3v) is 7.32. The maximum atomic E-state index is 12.7. The molecule has 1 amide bonds. The summed E-state index contributed by atoms with van der Waals surface area (Å²) >= 11 is 11.7. The zero-order chi connectivity index (χ0) is 21.6. The summed E-state index contributed by atoms with van der Waals surface area (Å²) in [6, 6.07) is 13.8. The van der Waals surface area contributed by atoms with Crippen LogP contribution in [0.1, 0.15) is 18.4 Å². The SMILES string of the molecule is O=C(NCCOc1ccc(Cl)cc1)C1CCN(S(=O)(=O)Cc2ccc(Cl)cc2)CC1. The predicted octanol–water partition coefficient (Wildman–Crippen LogP) is 3.73. The minimum absolute atomic E-state index is 0.0653. The van der Waals surface area contributed by atoms with E-state index in [1.54, 1.807) is 48.5 Å². The summed E-state index contributed by atoms with van der Waals surface area (Å²) in [6.45, 7) is 1.42. The normalized spacial score (nSPS) is 15.7. The molecule has 0 radical (unpaired) electrons. The van der Waals surface area contributed by atoms with Crippen LogP contribution < -0.4 is 10.1 Å². The highest BCUT2D eigenvalue weighted by Gasteiger charge is 2.31. The van der Waals surface area contributed by atoms with E-state index in [1.807, 2.05) is 0 Å². The second kappa shape index (κ2) is 10.5. The van der Waals surface area contributed by atoms with Crippen LogP contribution in [0.5, 0.6) is 5.75 Å². The molecule has 1 saturated heterocycles. The van der Waals surface area contributed by atoms with Crippen molar-refractivity contribution in [2.45, 2.75) is 18.6 Å². The highest BCUT2D eigenvalue weighted by Crippen LogP contribution is 2.22. The Labute approximate surface area is 187 Å². The number of nitrogens with zero attached hydrogens (tertiary/aromatic N) is 1. The van der Waals surface area contributed by atoms with Gasteiger partial charge in [-0.15, -0.1) is 0 Å². The van der Waals surface area contributed by atoms with Crippen LogP contribution in [0.4, 0.5) is 0 Å². The standard InChI is InChI=1S/C21H24Cl2N2O4S/c22-18-3-1-16(2-4-18)15-30(27,28)25-12-9-17(10-13-25)21(26)24-11-14-29-20-7-5-19(23)6-8-20/h1-8,17H,9-15H2,(H,24,26). The van der Waals surface area contributed by atoms with Gasteiger partial charge >= 0.3 is 0 Å². The Morgan fingerprint density at radius 1 is 1.00 bits per heavy atom. The predicted molar refractivity (Wildman–Crippen MR) is 118 cm³/mol. The van der Waals surface area contributed by atoms with E-state index in [4.69, 9.17) is 27.9 Å².